The fourth-order valence-electron chi connectivity index (χ4n) is 4.80. The summed E-state index contributed by atoms with van der Waals surface area (Å²) in [5, 5.41) is 9.55. The third-order valence-electron chi connectivity index (χ3n) is 6.69. The molecule has 1 aromatic heterocycles. The number of hydrogen-bond acceptors (Lipinski definition) is 5. The van der Waals surface area contributed by atoms with Gasteiger partial charge in [0.1, 0.15) is 11.4 Å². The molecule has 1 saturated carbocycles. The SMILES string of the molecule is COCc1cccc(CN2CCN(c3cc4c(cc3F)c(=O)c(C(=O)O)cn4C3CC3)CC2)c1. The Morgan fingerprint density at radius 2 is 1.85 bits per heavy atom. The van der Waals surface area contributed by atoms with E-state index < -0.39 is 17.2 Å². The molecular formula is C26H28FN3O4. The van der Waals surface area contributed by atoms with E-state index in [1.54, 1.807) is 13.2 Å². The van der Waals surface area contributed by atoms with Crippen LogP contribution < -0.4 is 10.3 Å². The number of benzene rings is 2. The first-order valence-electron chi connectivity index (χ1n) is 11.6. The van der Waals surface area contributed by atoms with Crippen molar-refractivity contribution in [3.63, 3.8) is 0 Å². The van der Waals surface area contributed by atoms with Gasteiger partial charge in [0.2, 0.25) is 5.43 Å². The molecule has 2 fully saturated rings. The Hall–Kier alpha value is -3.23. The number of piperazine rings is 1. The monoisotopic (exact) mass is 465 g/mol. The summed E-state index contributed by atoms with van der Waals surface area (Å²) in [7, 11) is 1.69. The van der Waals surface area contributed by atoms with Crippen LogP contribution in [0, 0.1) is 5.82 Å². The predicted octanol–water partition coefficient (Wildman–Crippen LogP) is 3.64. The highest BCUT2D eigenvalue weighted by Gasteiger charge is 2.28. The first-order chi connectivity index (χ1) is 16.4. The Kier molecular flexibility index (Phi) is 6.10. The molecule has 34 heavy (non-hydrogen) atoms. The number of ether oxygens (including phenoxy) is 1. The predicted molar refractivity (Wildman–Crippen MR) is 128 cm³/mol. The van der Waals surface area contributed by atoms with E-state index in [4.69, 9.17) is 4.74 Å². The Bertz CT molecular complexity index is 1290. The number of carbonyl (C=O) groups is 1. The van der Waals surface area contributed by atoms with E-state index in [0.717, 1.165) is 38.0 Å². The highest BCUT2D eigenvalue weighted by Crippen LogP contribution is 2.38. The van der Waals surface area contributed by atoms with Crippen LogP contribution in [0.15, 0.2) is 47.4 Å². The van der Waals surface area contributed by atoms with Gasteiger partial charge in [0.25, 0.3) is 0 Å². The van der Waals surface area contributed by atoms with Crippen molar-refractivity contribution in [2.45, 2.75) is 32.0 Å². The molecule has 3 aromatic rings. The van der Waals surface area contributed by atoms with E-state index >= 15 is 4.39 Å². The van der Waals surface area contributed by atoms with Gasteiger partial charge in [0.05, 0.1) is 17.8 Å². The minimum atomic E-state index is -1.28. The zero-order chi connectivity index (χ0) is 23.8. The van der Waals surface area contributed by atoms with E-state index in [1.165, 1.54) is 17.8 Å². The van der Waals surface area contributed by atoms with Gasteiger partial charge in [0, 0.05) is 57.5 Å². The molecule has 1 aliphatic heterocycles. The zero-order valence-electron chi connectivity index (χ0n) is 19.2. The molecule has 0 unspecified atom stereocenters. The lowest BCUT2D eigenvalue weighted by atomic mass is 10.1. The molecule has 2 aliphatic rings. The van der Waals surface area contributed by atoms with Gasteiger partial charge >= 0.3 is 5.97 Å². The van der Waals surface area contributed by atoms with Crippen molar-refractivity contribution < 1.29 is 19.0 Å². The zero-order valence-corrected chi connectivity index (χ0v) is 19.2. The number of carboxylic acids is 1. The fraction of sp³-hybridized carbons (Fsp3) is 0.385. The number of halogens is 1. The summed E-state index contributed by atoms with van der Waals surface area (Å²) in [5.74, 6) is -1.77. The largest absolute Gasteiger partial charge is 0.477 e. The van der Waals surface area contributed by atoms with Crippen molar-refractivity contribution in [3.8, 4) is 0 Å². The van der Waals surface area contributed by atoms with Gasteiger partial charge in [-0.2, -0.15) is 0 Å². The number of aromatic nitrogens is 1. The van der Waals surface area contributed by atoms with E-state index in [9.17, 15) is 14.7 Å². The van der Waals surface area contributed by atoms with Crippen LogP contribution in [0.25, 0.3) is 10.9 Å². The highest BCUT2D eigenvalue weighted by molar-refractivity contribution is 5.93. The average Bonchev–Trinajstić information content (AvgIpc) is 3.66. The van der Waals surface area contributed by atoms with Gasteiger partial charge in [-0.05, 0) is 36.1 Å². The first kappa shape index (κ1) is 22.6. The van der Waals surface area contributed by atoms with Gasteiger partial charge in [-0.3, -0.25) is 9.69 Å². The molecule has 1 saturated heterocycles. The van der Waals surface area contributed by atoms with Crippen molar-refractivity contribution >= 4 is 22.6 Å². The van der Waals surface area contributed by atoms with Crippen LogP contribution in [0.1, 0.15) is 40.4 Å². The summed E-state index contributed by atoms with van der Waals surface area (Å²) in [4.78, 5) is 28.6. The average molecular weight is 466 g/mol. The van der Waals surface area contributed by atoms with Crippen LogP contribution in [0.5, 0.6) is 0 Å². The normalized spacial score (nSPS) is 16.8. The lowest BCUT2D eigenvalue weighted by Crippen LogP contribution is -2.46. The van der Waals surface area contributed by atoms with Crippen LogP contribution in [0.4, 0.5) is 10.1 Å². The second-order valence-corrected chi connectivity index (χ2v) is 9.15. The molecule has 2 heterocycles. The van der Waals surface area contributed by atoms with Crippen LogP contribution in [0.3, 0.4) is 0 Å². The summed E-state index contributed by atoms with van der Waals surface area (Å²) in [6, 6.07) is 11.4. The molecule has 1 aliphatic carbocycles. The fourth-order valence-corrected chi connectivity index (χ4v) is 4.80. The Morgan fingerprint density at radius 1 is 1.12 bits per heavy atom. The lowest BCUT2D eigenvalue weighted by molar-refractivity contribution is 0.0695. The molecule has 0 amide bonds. The number of nitrogens with zero attached hydrogens (tertiary/aromatic N) is 3. The molecule has 7 nitrogen and oxygen atoms in total. The molecular weight excluding hydrogens is 437 g/mol. The number of aromatic carboxylic acids is 1. The van der Waals surface area contributed by atoms with Gasteiger partial charge in [-0.1, -0.05) is 24.3 Å². The Balaban J connectivity index is 1.37. The standard InChI is InChI=1S/C26H28FN3O4/c1-34-16-18-4-2-3-17(11-18)14-28-7-9-29(10-8-28)24-13-23-20(12-22(24)27)25(31)21(26(32)33)15-30(23)19-5-6-19/h2-4,11-13,15,19H,5-10,14,16H2,1H3,(H,32,33). The van der Waals surface area contributed by atoms with E-state index in [-0.39, 0.29) is 17.0 Å². The summed E-state index contributed by atoms with van der Waals surface area (Å²) in [5.41, 5.74) is 2.49. The number of methoxy groups -OCH3 is 1. The third-order valence-corrected chi connectivity index (χ3v) is 6.69. The molecule has 0 radical (unpaired) electrons. The highest BCUT2D eigenvalue weighted by atomic mass is 19.1. The Morgan fingerprint density at radius 3 is 2.53 bits per heavy atom. The van der Waals surface area contributed by atoms with Crippen molar-refractivity contribution in [1.82, 2.24) is 9.47 Å². The maximum absolute atomic E-state index is 15.2. The quantitative estimate of drug-likeness (QED) is 0.574. The molecule has 0 atom stereocenters. The second kappa shape index (κ2) is 9.19. The second-order valence-electron chi connectivity index (χ2n) is 9.15. The lowest BCUT2D eigenvalue weighted by Gasteiger charge is -2.36. The summed E-state index contributed by atoms with van der Waals surface area (Å²) < 4.78 is 22.2. The van der Waals surface area contributed by atoms with Gasteiger partial charge < -0.3 is 19.3 Å². The summed E-state index contributed by atoms with van der Waals surface area (Å²) in [6.07, 6.45) is 3.27. The Labute approximate surface area is 197 Å². The molecule has 5 rings (SSSR count). The maximum Gasteiger partial charge on any atom is 0.341 e. The van der Waals surface area contributed by atoms with Gasteiger partial charge in [-0.25, -0.2) is 9.18 Å². The smallest absolute Gasteiger partial charge is 0.341 e. The van der Waals surface area contributed by atoms with Crippen LogP contribution in [-0.2, 0) is 17.9 Å². The number of anilines is 1. The van der Waals surface area contributed by atoms with Crippen LogP contribution in [-0.4, -0.2) is 53.8 Å². The van der Waals surface area contributed by atoms with Crippen molar-refractivity contribution in [3.05, 3.63) is 75.3 Å². The number of pyridine rings is 1. The van der Waals surface area contributed by atoms with Crippen molar-refractivity contribution in [2.75, 3.05) is 38.2 Å². The molecule has 2 aromatic carbocycles. The summed E-state index contributed by atoms with van der Waals surface area (Å²) in [6.45, 7) is 4.33. The van der Waals surface area contributed by atoms with Gasteiger partial charge in [-0.15, -0.1) is 0 Å². The molecule has 0 bridgehead atoms. The molecule has 1 N–H and O–H groups in total. The van der Waals surface area contributed by atoms with E-state index in [1.807, 2.05) is 21.6 Å². The maximum atomic E-state index is 15.2. The topological polar surface area (TPSA) is 75.0 Å². The van der Waals surface area contributed by atoms with Crippen molar-refractivity contribution in [1.29, 1.82) is 0 Å². The molecule has 8 heteroatoms. The van der Waals surface area contributed by atoms with E-state index in [0.29, 0.717) is 30.9 Å². The van der Waals surface area contributed by atoms with Crippen LogP contribution in [0.2, 0.25) is 0 Å². The molecule has 0 spiro atoms. The summed E-state index contributed by atoms with van der Waals surface area (Å²) >= 11 is 0. The minimum absolute atomic E-state index is 0.127. The first-order valence-corrected chi connectivity index (χ1v) is 11.6. The van der Waals surface area contributed by atoms with Gasteiger partial charge in [0.15, 0.2) is 0 Å². The molecule has 178 valence electrons. The number of rotatable bonds is 7. The van der Waals surface area contributed by atoms with Crippen LogP contribution >= 0.6 is 0 Å². The number of carboxylic acid groups (broad SMARTS) is 1. The third kappa shape index (κ3) is 4.43. The van der Waals surface area contributed by atoms with E-state index in [2.05, 4.69) is 17.0 Å². The van der Waals surface area contributed by atoms with Crippen molar-refractivity contribution in [2.24, 2.45) is 0 Å². The number of fused-ring (bicyclic) bond motifs is 1. The minimum Gasteiger partial charge on any atom is -0.477 e. The number of hydrogen-bond donors (Lipinski definition) is 1.